The molecule has 0 saturated carbocycles. The molecule has 0 bridgehead atoms. The number of phenols is 1. The summed E-state index contributed by atoms with van der Waals surface area (Å²) >= 11 is 2.67. The molecule has 0 spiro atoms. The lowest BCUT2D eigenvalue weighted by Crippen LogP contribution is -2.21. The van der Waals surface area contributed by atoms with Crippen molar-refractivity contribution in [3.05, 3.63) is 27.7 Å². The third kappa shape index (κ3) is 2.07. The SMILES string of the molecule is N[C@H](C(=O)O)c1cc(Br)c(F)c(F)c1O. The van der Waals surface area contributed by atoms with Gasteiger partial charge in [0.15, 0.2) is 11.6 Å². The molecule has 0 aromatic heterocycles. The van der Waals surface area contributed by atoms with Crippen LogP contribution in [0, 0.1) is 11.6 Å². The molecule has 0 aliphatic rings. The molecule has 1 rings (SSSR count). The van der Waals surface area contributed by atoms with Gasteiger partial charge >= 0.3 is 5.97 Å². The quantitative estimate of drug-likeness (QED) is 0.718. The van der Waals surface area contributed by atoms with Gasteiger partial charge in [-0.3, -0.25) is 4.79 Å². The van der Waals surface area contributed by atoms with E-state index in [2.05, 4.69) is 15.9 Å². The van der Waals surface area contributed by atoms with E-state index >= 15 is 0 Å². The minimum Gasteiger partial charge on any atom is -0.504 e. The predicted octanol–water partition coefficient (Wildman–Crippen LogP) is 1.52. The van der Waals surface area contributed by atoms with Crippen LogP contribution in [0.4, 0.5) is 8.78 Å². The van der Waals surface area contributed by atoms with Crippen molar-refractivity contribution in [2.75, 3.05) is 0 Å². The molecule has 4 N–H and O–H groups in total. The number of phenolic OH excluding ortho intramolecular Hbond substituents is 1. The van der Waals surface area contributed by atoms with E-state index in [4.69, 9.17) is 15.9 Å². The summed E-state index contributed by atoms with van der Waals surface area (Å²) in [5, 5.41) is 17.7. The fraction of sp³-hybridized carbons (Fsp3) is 0.125. The number of aromatic hydroxyl groups is 1. The third-order valence-corrected chi connectivity index (χ3v) is 2.34. The Hall–Kier alpha value is -1.21. The molecule has 0 radical (unpaired) electrons. The molecule has 4 nitrogen and oxygen atoms in total. The van der Waals surface area contributed by atoms with E-state index < -0.39 is 35.0 Å². The molecule has 1 aromatic carbocycles. The van der Waals surface area contributed by atoms with Gasteiger partial charge in [-0.05, 0) is 22.0 Å². The Morgan fingerprint density at radius 2 is 2.00 bits per heavy atom. The molecule has 7 heteroatoms. The second-order valence-electron chi connectivity index (χ2n) is 2.74. The van der Waals surface area contributed by atoms with Crippen LogP contribution in [-0.2, 0) is 4.79 Å². The van der Waals surface area contributed by atoms with E-state index in [1.807, 2.05) is 0 Å². The Labute approximate surface area is 91.4 Å². The maximum atomic E-state index is 13.0. The topological polar surface area (TPSA) is 83.6 Å². The predicted molar refractivity (Wildman–Crippen MR) is 50.3 cm³/mol. The molecule has 0 fully saturated rings. The second kappa shape index (κ2) is 4.11. The van der Waals surface area contributed by atoms with Crippen molar-refractivity contribution in [1.82, 2.24) is 0 Å². The fourth-order valence-electron chi connectivity index (χ4n) is 0.974. The van der Waals surface area contributed by atoms with Crippen molar-refractivity contribution in [2.24, 2.45) is 5.73 Å². The number of carbonyl (C=O) groups is 1. The summed E-state index contributed by atoms with van der Waals surface area (Å²) in [6.07, 6.45) is 0. The van der Waals surface area contributed by atoms with E-state index in [9.17, 15) is 13.6 Å². The van der Waals surface area contributed by atoms with Crippen LogP contribution in [0.1, 0.15) is 11.6 Å². The van der Waals surface area contributed by atoms with Gasteiger partial charge in [0.25, 0.3) is 0 Å². The molecule has 1 atom stereocenters. The minimum atomic E-state index is -1.61. The average molecular weight is 282 g/mol. The zero-order valence-electron chi connectivity index (χ0n) is 7.17. The lowest BCUT2D eigenvalue weighted by molar-refractivity contribution is -0.138. The van der Waals surface area contributed by atoms with Crippen LogP contribution in [0.25, 0.3) is 0 Å². The van der Waals surface area contributed by atoms with Crippen LogP contribution in [0.2, 0.25) is 0 Å². The Morgan fingerprint density at radius 1 is 1.47 bits per heavy atom. The van der Waals surface area contributed by atoms with Crippen molar-refractivity contribution >= 4 is 21.9 Å². The highest BCUT2D eigenvalue weighted by Gasteiger charge is 2.24. The molecule has 15 heavy (non-hydrogen) atoms. The highest BCUT2D eigenvalue weighted by atomic mass is 79.9. The van der Waals surface area contributed by atoms with Gasteiger partial charge in [-0.25, -0.2) is 4.39 Å². The van der Waals surface area contributed by atoms with Gasteiger partial charge in [-0.15, -0.1) is 0 Å². The maximum absolute atomic E-state index is 13.0. The van der Waals surface area contributed by atoms with Gasteiger partial charge in [-0.2, -0.15) is 4.39 Å². The van der Waals surface area contributed by atoms with E-state index in [-0.39, 0.29) is 4.47 Å². The van der Waals surface area contributed by atoms with E-state index in [0.717, 1.165) is 6.07 Å². The van der Waals surface area contributed by atoms with Gasteiger partial charge < -0.3 is 15.9 Å². The Bertz CT molecular complexity index is 425. The first-order valence-corrected chi connectivity index (χ1v) is 4.50. The zero-order valence-corrected chi connectivity index (χ0v) is 8.75. The normalized spacial score (nSPS) is 12.5. The summed E-state index contributed by atoms with van der Waals surface area (Å²) in [6, 6.07) is -0.691. The summed E-state index contributed by atoms with van der Waals surface area (Å²) in [5.41, 5.74) is 4.76. The molecule has 1 aromatic rings. The van der Waals surface area contributed by atoms with Crippen LogP contribution < -0.4 is 5.73 Å². The van der Waals surface area contributed by atoms with Crippen LogP contribution >= 0.6 is 15.9 Å². The highest BCUT2D eigenvalue weighted by molar-refractivity contribution is 9.10. The third-order valence-electron chi connectivity index (χ3n) is 1.77. The molecule has 0 aliphatic heterocycles. The minimum absolute atomic E-state index is 0.301. The summed E-state index contributed by atoms with van der Waals surface area (Å²) in [7, 11) is 0. The number of aliphatic carboxylic acids is 1. The summed E-state index contributed by atoms with van der Waals surface area (Å²) < 4.78 is 25.5. The number of rotatable bonds is 2. The number of hydrogen-bond donors (Lipinski definition) is 3. The van der Waals surface area contributed by atoms with Crippen LogP contribution in [0.15, 0.2) is 10.5 Å². The van der Waals surface area contributed by atoms with Crippen molar-refractivity contribution in [3.8, 4) is 5.75 Å². The van der Waals surface area contributed by atoms with Gasteiger partial charge in [0.05, 0.1) is 4.47 Å². The van der Waals surface area contributed by atoms with Gasteiger partial charge in [0.1, 0.15) is 6.04 Å². The van der Waals surface area contributed by atoms with Crippen molar-refractivity contribution in [2.45, 2.75) is 6.04 Å². The molecule has 82 valence electrons. The highest BCUT2D eigenvalue weighted by Crippen LogP contribution is 2.32. The maximum Gasteiger partial charge on any atom is 0.325 e. The summed E-state index contributed by atoms with van der Waals surface area (Å²) in [6.45, 7) is 0. The van der Waals surface area contributed by atoms with Crippen molar-refractivity contribution in [3.63, 3.8) is 0 Å². The summed E-state index contributed by atoms with van der Waals surface area (Å²) in [4.78, 5) is 10.5. The Morgan fingerprint density at radius 3 is 2.47 bits per heavy atom. The van der Waals surface area contributed by atoms with Gasteiger partial charge in [-0.1, -0.05) is 0 Å². The lowest BCUT2D eigenvalue weighted by atomic mass is 10.1. The molecular formula is C8H6BrF2NO3. The van der Waals surface area contributed by atoms with E-state index in [0.29, 0.717) is 0 Å². The van der Waals surface area contributed by atoms with Gasteiger partial charge in [0, 0.05) is 5.56 Å². The van der Waals surface area contributed by atoms with Crippen LogP contribution in [0.3, 0.4) is 0 Å². The fourth-order valence-corrected chi connectivity index (χ4v) is 1.39. The van der Waals surface area contributed by atoms with E-state index in [1.165, 1.54) is 0 Å². The zero-order chi connectivity index (χ0) is 11.7. The molecular weight excluding hydrogens is 276 g/mol. The largest absolute Gasteiger partial charge is 0.504 e. The Kier molecular flexibility index (Phi) is 3.25. The monoisotopic (exact) mass is 281 g/mol. The Balaban J connectivity index is 3.38. The summed E-state index contributed by atoms with van der Waals surface area (Å²) in [5.74, 6) is -5.38. The van der Waals surface area contributed by atoms with Gasteiger partial charge in [0.2, 0.25) is 5.82 Å². The second-order valence-corrected chi connectivity index (χ2v) is 3.59. The number of hydrogen-bond acceptors (Lipinski definition) is 3. The molecule has 0 unspecified atom stereocenters. The average Bonchev–Trinajstić information content (AvgIpc) is 2.19. The molecule has 0 saturated heterocycles. The standard InChI is InChI=1S/C8H6BrF2NO3/c9-3-1-2(6(12)8(14)15)7(13)5(11)4(3)10/h1,6,13H,12H2,(H,14,15)/t6-/m0/s1. The lowest BCUT2D eigenvalue weighted by Gasteiger charge is -2.11. The number of carboxylic acid groups (broad SMARTS) is 1. The first kappa shape index (κ1) is 11.9. The molecule has 0 amide bonds. The molecule has 0 aliphatic carbocycles. The van der Waals surface area contributed by atoms with Crippen molar-refractivity contribution in [1.29, 1.82) is 0 Å². The number of benzene rings is 1. The number of nitrogens with two attached hydrogens (primary N) is 1. The number of carboxylic acids is 1. The van der Waals surface area contributed by atoms with Crippen molar-refractivity contribution < 1.29 is 23.8 Å². The first-order valence-electron chi connectivity index (χ1n) is 3.71. The van der Waals surface area contributed by atoms with E-state index in [1.54, 1.807) is 0 Å². The molecule has 0 heterocycles. The first-order chi connectivity index (χ1) is 6.86. The van der Waals surface area contributed by atoms with Crippen LogP contribution in [-0.4, -0.2) is 16.2 Å². The van der Waals surface area contributed by atoms with Crippen LogP contribution in [0.5, 0.6) is 5.75 Å². The smallest absolute Gasteiger partial charge is 0.325 e. The number of halogens is 3.